The summed E-state index contributed by atoms with van der Waals surface area (Å²) in [4.78, 5) is 7.87. The highest BCUT2D eigenvalue weighted by Crippen LogP contribution is 1.96. The van der Waals surface area contributed by atoms with Crippen LogP contribution in [0.5, 0.6) is 0 Å². The summed E-state index contributed by atoms with van der Waals surface area (Å²) in [5.41, 5.74) is 3.62. The maximum atomic E-state index is 4.89. The number of aromatic nitrogens is 2. The molecule has 5 heteroatoms. The molecule has 0 saturated heterocycles. The molecule has 0 amide bonds. The second-order valence-electron chi connectivity index (χ2n) is 2.48. The summed E-state index contributed by atoms with van der Waals surface area (Å²) in [6, 6.07) is 0. The molecule has 0 aliphatic carbocycles. The fourth-order valence-electron chi connectivity index (χ4n) is 0.751. The van der Waals surface area contributed by atoms with Crippen LogP contribution in [-0.2, 0) is 4.74 Å². The molecule has 0 aliphatic rings. The van der Waals surface area contributed by atoms with Crippen molar-refractivity contribution in [3.05, 3.63) is 18.6 Å². The van der Waals surface area contributed by atoms with Gasteiger partial charge in [-0.2, -0.15) is 5.10 Å². The molecular weight excluding hydrogens is 168 g/mol. The second-order valence-corrected chi connectivity index (χ2v) is 2.48. The molecule has 13 heavy (non-hydrogen) atoms. The van der Waals surface area contributed by atoms with Crippen molar-refractivity contribution in [3.8, 4) is 0 Å². The van der Waals surface area contributed by atoms with Gasteiger partial charge in [-0.05, 0) is 6.92 Å². The van der Waals surface area contributed by atoms with Gasteiger partial charge >= 0.3 is 0 Å². The van der Waals surface area contributed by atoms with Crippen LogP contribution in [0.2, 0.25) is 0 Å². The van der Waals surface area contributed by atoms with Crippen LogP contribution in [-0.4, -0.2) is 29.4 Å². The summed E-state index contributed by atoms with van der Waals surface area (Å²) in [7, 11) is 1.63. The maximum absolute atomic E-state index is 4.89. The first-order chi connectivity index (χ1) is 6.33. The smallest absolute Gasteiger partial charge is 0.164 e. The topological polar surface area (TPSA) is 59.4 Å². The van der Waals surface area contributed by atoms with Crippen molar-refractivity contribution in [2.45, 2.75) is 6.92 Å². The first kappa shape index (κ1) is 9.60. The Morgan fingerprint density at radius 3 is 3.08 bits per heavy atom. The molecule has 1 aromatic heterocycles. The molecule has 5 nitrogen and oxygen atoms in total. The molecule has 0 saturated carbocycles. The van der Waals surface area contributed by atoms with Crippen molar-refractivity contribution < 1.29 is 4.74 Å². The Bertz CT molecular complexity index is 273. The van der Waals surface area contributed by atoms with Crippen molar-refractivity contribution >= 4 is 11.5 Å². The van der Waals surface area contributed by atoms with Crippen LogP contribution in [0.15, 0.2) is 23.7 Å². The van der Waals surface area contributed by atoms with Crippen LogP contribution in [0.1, 0.15) is 6.92 Å². The Morgan fingerprint density at radius 2 is 2.46 bits per heavy atom. The quantitative estimate of drug-likeness (QED) is 0.552. The summed E-state index contributed by atoms with van der Waals surface area (Å²) >= 11 is 0. The number of rotatable bonds is 4. The molecule has 0 bridgehead atoms. The molecule has 0 fully saturated rings. The average Bonchev–Trinajstić information content (AvgIpc) is 2.17. The molecule has 1 heterocycles. The fraction of sp³-hybridized carbons (Fsp3) is 0.375. The van der Waals surface area contributed by atoms with Gasteiger partial charge in [0.25, 0.3) is 0 Å². The Kier molecular flexibility index (Phi) is 3.84. The standard InChI is InChI=1S/C8H12N4O/c1-7(6-13-2)11-12-8-5-9-3-4-10-8/h3-5H,6H2,1-2H3,(H,10,12)/b11-7+. The van der Waals surface area contributed by atoms with E-state index < -0.39 is 0 Å². The van der Waals surface area contributed by atoms with Gasteiger partial charge in [0.15, 0.2) is 5.82 Å². The number of hydrogen-bond donors (Lipinski definition) is 1. The van der Waals surface area contributed by atoms with Crippen LogP contribution in [0.25, 0.3) is 0 Å². The van der Waals surface area contributed by atoms with Crippen molar-refractivity contribution in [1.82, 2.24) is 9.97 Å². The monoisotopic (exact) mass is 180 g/mol. The van der Waals surface area contributed by atoms with Crippen LogP contribution in [0.3, 0.4) is 0 Å². The van der Waals surface area contributed by atoms with Crippen molar-refractivity contribution in [2.24, 2.45) is 5.10 Å². The van der Waals surface area contributed by atoms with Gasteiger partial charge in [0, 0.05) is 19.5 Å². The number of hydrogen-bond acceptors (Lipinski definition) is 5. The SMILES string of the molecule is COC/C(C)=N/Nc1cnccn1. The van der Waals surface area contributed by atoms with Crippen molar-refractivity contribution in [3.63, 3.8) is 0 Å². The molecule has 0 unspecified atom stereocenters. The number of methoxy groups -OCH3 is 1. The lowest BCUT2D eigenvalue weighted by Gasteiger charge is -2.00. The normalized spacial score (nSPS) is 11.4. The van der Waals surface area contributed by atoms with E-state index in [1.807, 2.05) is 6.92 Å². The third kappa shape index (κ3) is 3.62. The molecule has 70 valence electrons. The zero-order valence-electron chi connectivity index (χ0n) is 7.69. The van der Waals surface area contributed by atoms with E-state index in [1.165, 1.54) is 0 Å². The van der Waals surface area contributed by atoms with Crippen LogP contribution in [0.4, 0.5) is 5.82 Å². The van der Waals surface area contributed by atoms with E-state index in [1.54, 1.807) is 25.7 Å². The van der Waals surface area contributed by atoms with Gasteiger partial charge in [-0.3, -0.25) is 10.4 Å². The summed E-state index contributed by atoms with van der Waals surface area (Å²) in [5, 5.41) is 4.02. The molecule has 1 N–H and O–H groups in total. The lowest BCUT2D eigenvalue weighted by atomic mass is 10.5. The van der Waals surface area contributed by atoms with E-state index in [2.05, 4.69) is 20.5 Å². The van der Waals surface area contributed by atoms with Gasteiger partial charge in [0.05, 0.1) is 18.5 Å². The molecule has 0 atom stereocenters. The second kappa shape index (κ2) is 5.21. The third-order valence-corrected chi connectivity index (χ3v) is 1.28. The molecule has 0 spiro atoms. The van der Waals surface area contributed by atoms with E-state index in [9.17, 15) is 0 Å². The lowest BCUT2D eigenvalue weighted by molar-refractivity contribution is 0.245. The highest BCUT2D eigenvalue weighted by Gasteiger charge is 1.90. The maximum Gasteiger partial charge on any atom is 0.164 e. The highest BCUT2D eigenvalue weighted by molar-refractivity contribution is 5.83. The largest absolute Gasteiger partial charge is 0.379 e. The Hall–Kier alpha value is -1.49. The van der Waals surface area contributed by atoms with Gasteiger partial charge in [-0.15, -0.1) is 0 Å². The van der Waals surface area contributed by atoms with Crippen molar-refractivity contribution in [2.75, 3.05) is 19.1 Å². The Balaban J connectivity index is 2.47. The van der Waals surface area contributed by atoms with E-state index in [0.29, 0.717) is 12.4 Å². The fourth-order valence-corrected chi connectivity index (χ4v) is 0.751. The molecule has 1 rings (SSSR count). The van der Waals surface area contributed by atoms with Crippen molar-refractivity contribution in [1.29, 1.82) is 0 Å². The molecule has 1 aromatic rings. The van der Waals surface area contributed by atoms with Crippen LogP contribution in [0, 0.1) is 0 Å². The number of anilines is 1. The zero-order chi connectivity index (χ0) is 9.52. The molecule has 0 aliphatic heterocycles. The minimum absolute atomic E-state index is 0.507. The lowest BCUT2D eigenvalue weighted by Crippen LogP contribution is -2.05. The van der Waals surface area contributed by atoms with Gasteiger partial charge in [-0.25, -0.2) is 4.98 Å². The van der Waals surface area contributed by atoms with Crippen LogP contribution >= 0.6 is 0 Å². The predicted octanol–water partition coefficient (Wildman–Crippen LogP) is 0.911. The predicted molar refractivity (Wildman–Crippen MR) is 50.6 cm³/mol. The minimum Gasteiger partial charge on any atom is -0.379 e. The third-order valence-electron chi connectivity index (χ3n) is 1.28. The first-order valence-corrected chi connectivity index (χ1v) is 3.87. The number of nitrogens with one attached hydrogen (secondary N) is 1. The van der Waals surface area contributed by atoms with E-state index in [4.69, 9.17) is 4.74 Å². The Morgan fingerprint density at radius 1 is 1.62 bits per heavy atom. The van der Waals surface area contributed by atoms with Gasteiger partial charge < -0.3 is 4.74 Å². The molecule has 0 radical (unpaired) electrons. The zero-order valence-corrected chi connectivity index (χ0v) is 7.69. The summed E-state index contributed by atoms with van der Waals surface area (Å²) < 4.78 is 4.89. The van der Waals surface area contributed by atoms with Gasteiger partial charge in [-0.1, -0.05) is 0 Å². The average molecular weight is 180 g/mol. The minimum atomic E-state index is 0.507. The number of nitrogens with zero attached hydrogens (tertiary/aromatic N) is 3. The molecule has 0 aromatic carbocycles. The molecular formula is C8H12N4O. The summed E-state index contributed by atoms with van der Waals surface area (Å²) in [6.45, 7) is 2.38. The number of ether oxygens (including phenoxy) is 1. The first-order valence-electron chi connectivity index (χ1n) is 3.87. The van der Waals surface area contributed by atoms with E-state index in [0.717, 1.165) is 5.71 Å². The summed E-state index contributed by atoms with van der Waals surface area (Å²) in [5.74, 6) is 0.623. The van der Waals surface area contributed by atoms with E-state index in [-0.39, 0.29) is 0 Å². The van der Waals surface area contributed by atoms with Gasteiger partial charge in [0.2, 0.25) is 0 Å². The highest BCUT2D eigenvalue weighted by atomic mass is 16.5. The Labute approximate surface area is 76.9 Å². The van der Waals surface area contributed by atoms with Crippen LogP contribution < -0.4 is 5.43 Å². The van der Waals surface area contributed by atoms with Gasteiger partial charge in [0.1, 0.15) is 0 Å². The van der Waals surface area contributed by atoms with E-state index >= 15 is 0 Å². The summed E-state index contributed by atoms with van der Waals surface area (Å²) in [6.07, 6.45) is 4.81. The number of hydrazone groups is 1.